The third-order valence-electron chi connectivity index (χ3n) is 5.10. The summed E-state index contributed by atoms with van der Waals surface area (Å²) < 4.78 is 0. The van der Waals surface area contributed by atoms with E-state index in [1.54, 1.807) is 7.05 Å². The minimum absolute atomic E-state index is 0. The average Bonchev–Trinajstić information content (AvgIpc) is 2.99. The van der Waals surface area contributed by atoms with Gasteiger partial charge in [0.25, 0.3) is 0 Å². The normalized spacial score (nSPS) is 20.0. The van der Waals surface area contributed by atoms with E-state index in [0.717, 1.165) is 30.3 Å². The Bertz CT molecular complexity index is 683. The fourth-order valence-electron chi connectivity index (χ4n) is 3.23. The molecule has 158 valence electrons. The van der Waals surface area contributed by atoms with Gasteiger partial charge in [-0.25, -0.2) is 0 Å². The zero-order valence-electron chi connectivity index (χ0n) is 17.4. The van der Waals surface area contributed by atoms with E-state index < -0.39 is 0 Å². The molecule has 0 aliphatic carbocycles. The first-order chi connectivity index (χ1) is 12.8. The van der Waals surface area contributed by atoms with Crippen LogP contribution in [-0.4, -0.2) is 55.5 Å². The first-order valence-electron chi connectivity index (χ1n) is 9.58. The fourth-order valence-corrected chi connectivity index (χ4v) is 3.41. The predicted octanol–water partition coefficient (Wildman–Crippen LogP) is 3.49. The minimum Gasteiger partial charge on any atom is -0.356 e. The number of nitrogens with zero attached hydrogens (tertiary/aromatic N) is 2. The first-order valence-corrected chi connectivity index (χ1v) is 9.95. The van der Waals surface area contributed by atoms with Crippen molar-refractivity contribution >= 4 is 53.1 Å². The first kappa shape index (κ1) is 25.0. The van der Waals surface area contributed by atoms with Crippen LogP contribution in [0.25, 0.3) is 0 Å². The number of carbonyl (C=O) groups is 1. The summed E-state index contributed by atoms with van der Waals surface area (Å²) in [6.45, 7) is 11.2. The van der Waals surface area contributed by atoms with Crippen molar-refractivity contribution in [3.05, 3.63) is 28.8 Å². The molecule has 3 N–H and O–H groups in total. The molecule has 2 atom stereocenters. The highest BCUT2D eigenvalue weighted by molar-refractivity contribution is 14.0. The molecule has 0 spiro atoms. The van der Waals surface area contributed by atoms with Crippen LogP contribution in [0.5, 0.6) is 0 Å². The summed E-state index contributed by atoms with van der Waals surface area (Å²) >= 11 is 6.09. The molecule has 0 aromatic heterocycles. The van der Waals surface area contributed by atoms with Crippen molar-refractivity contribution in [1.29, 1.82) is 0 Å². The molecule has 1 aromatic carbocycles. The Hall–Kier alpha value is -1.06. The fraction of sp³-hybridized carbons (Fsp3) is 0.600. The van der Waals surface area contributed by atoms with Crippen LogP contribution < -0.4 is 16.0 Å². The summed E-state index contributed by atoms with van der Waals surface area (Å²) in [5.74, 6) is 1.24. The molecule has 1 aromatic rings. The number of hydrogen-bond donors (Lipinski definition) is 3. The van der Waals surface area contributed by atoms with Gasteiger partial charge in [-0.2, -0.15) is 0 Å². The van der Waals surface area contributed by atoms with Gasteiger partial charge in [0.15, 0.2) is 5.96 Å². The number of carbonyl (C=O) groups excluding carboxylic acids is 1. The maximum Gasteiger partial charge on any atom is 0.226 e. The Labute approximate surface area is 190 Å². The molecule has 1 aliphatic rings. The zero-order valence-corrected chi connectivity index (χ0v) is 20.5. The second-order valence-corrected chi connectivity index (χ2v) is 7.89. The van der Waals surface area contributed by atoms with Crippen molar-refractivity contribution < 1.29 is 4.79 Å². The summed E-state index contributed by atoms with van der Waals surface area (Å²) in [4.78, 5) is 19.0. The van der Waals surface area contributed by atoms with E-state index in [1.165, 1.54) is 0 Å². The van der Waals surface area contributed by atoms with E-state index in [-0.39, 0.29) is 29.9 Å². The van der Waals surface area contributed by atoms with Gasteiger partial charge < -0.3 is 16.0 Å². The molecule has 1 amide bonds. The van der Waals surface area contributed by atoms with Gasteiger partial charge in [-0.1, -0.05) is 24.6 Å². The van der Waals surface area contributed by atoms with Gasteiger partial charge in [0.2, 0.25) is 5.91 Å². The summed E-state index contributed by atoms with van der Waals surface area (Å²) in [6.07, 6.45) is 0.352. The number of amides is 1. The number of likely N-dealkylation sites (tertiary alicyclic amines) is 1. The van der Waals surface area contributed by atoms with E-state index >= 15 is 0 Å². The lowest BCUT2D eigenvalue weighted by Crippen LogP contribution is -2.47. The van der Waals surface area contributed by atoms with Crippen LogP contribution in [0.15, 0.2) is 23.2 Å². The molecular weight excluding hydrogens is 489 g/mol. The summed E-state index contributed by atoms with van der Waals surface area (Å²) in [6, 6.07) is 6.41. The lowest BCUT2D eigenvalue weighted by Gasteiger charge is -2.22. The molecule has 2 rings (SSSR count). The van der Waals surface area contributed by atoms with E-state index in [9.17, 15) is 4.79 Å². The van der Waals surface area contributed by atoms with Crippen molar-refractivity contribution in [3.63, 3.8) is 0 Å². The highest BCUT2D eigenvalue weighted by Gasteiger charge is 2.31. The van der Waals surface area contributed by atoms with Gasteiger partial charge in [0.05, 0.1) is 0 Å². The molecule has 2 unspecified atom stereocenters. The van der Waals surface area contributed by atoms with Gasteiger partial charge in [-0.3, -0.25) is 14.7 Å². The van der Waals surface area contributed by atoms with Crippen molar-refractivity contribution in [3.8, 4) is 0 Å². The predicted molar refractivity (Wildman–Crippen MR) is 129 cm³/mol. The van der Waals surface area contributed by atoms with Crippen LogP contribution in [0.3, 0.4) is 0 Å². The number of halogens is 2. The van der Waals surface area contributed by atoms with Gasteiger partial charge in [-0.05, 0) is 44.4 Å². The van der Waals surface area contributed by atoms with Gasteiger partial charge in [-0.15, -0.1) is 24.0 Å². The highest BCUT2D eigenvalue weighted by atomic mass is 127. The number of anilines is 1. The molecular formula is C20H33ClIN5O. The second kappa shape index (κ2) is 11.8. The maximum absolute atomic E-state index is 12.2. The third kappa shape index (κ3) is 7.08. The Balaban J connectivity index is 0.00000392. The average molecular weight is 522 g/mol. The van der Waals surface area contributed by atoms with E-state index in [1.807, 2.05) is 25.1 Å². The van der Waals surface area contributed by atoms with Crippen LogP contribution >= 0.6 is 35.6 Å². The summed E-state index contributed by atoms with van der Waals surface area (Å²) in [5, 5.41) is 10.3. The monoisotopic (exact) mass is 521 g/mol. The molecule has 1 aliphatic heterocycles. The molecule has 8 heteroatoms. The number of benzene rings is 1. The van der Waals surface area contributed by atoms with Crippen molar-refractivity contribution in [2.75, 3.05) is 32.0 Å². The zero-order chi connectivity index (χ0) is 20.0. The molecule has 1 saturated heterocycles. The number of aliphatic imine (C=N–C) groups is 1. The van der Waals surface area contributed by atoms with Crippen LogP contribution in [0.2, 0.25) is 5.02 Å². The van der Waals surface area contributed by atoms with Crippen molar-refractivity contribution in [2.24, 2.45) is 10.9 Å². The Morgan fingerprint density at radius 2 is 2.07 bits per heavy atom. The number of hydrogen-bond acceptors (Lipinski definition) is 3. The number of nitrogens with one attached hydrogen (secondary N) is 3. The molecule has 6 nitrogen and oxygen atoms in total. The van der Waals surface area contributed by atoms with E-state index in [2.05, 4.69) is 46.6 Å². The molecule has 1 heterocycles. The standard InChI is InChI=1S/C20H32ClN5O.HI/c1-13(2)26-11-14(3)18(12-26)25-20(22-5)23-10-9-19(27)24-17-8-6-7-16(21)15(17)4;/h6-8,13-14,18H,9-12H2,1-5H3,(H,24,27)(H2,22,23,25);1H. The lowest BCUT2D eigenvalue weighted by molar-refractivity contribution is -0.116. The Kier molecular flexibility index (Phi) is 10.5. The summed E-state index contributed by atoms with van der Waals surface area (Å²) in [5.41, 5.74) is 1.63. The Morgan fingerprint density at radius 1 is 1.36 bits per heavy atom. The summed E-state index contributed by atoms with van der Waals surface area (Å²) in [7, 11) is 1.75. The van der Waals surface area contributed by atoms with Gasteiger partial charge in [0, 0.05) is 55.9 Å². The maximum atomic E-state index is 12.2. The van der Waals surface area contributed by atoms with Crippen molar-refractivity contribution in [1.82, 2.24) is 15.5 Å². The smallest absolute Gasteiger partial charge is 0.226 e. The van der Waals surface area contributed by atoms with Crippen LogP contribution in [0.1, 0.15) is 32.8 Å². The van der Waals surface area contributed by atoms with Crippen LogP contribution in [0, 0.1) is 12.8 Å². The minimum atomic E-state index is -0.0523. The molecule has 0 bridgehead atoms. The van der Waals surface area contributed by atoms with E-state index in [0.29, 0.717) is 36.0 Å². The lowest BCUT2D eigenvalue weighted by atomic mass is 10.1. The molecule has 0 saturated carbocycles. The van der Waals surface area contributed by atoms with E-state index in [4.69, 9.17) is 11.6 Å². The number of rotatable bonds is 6. The topological polar surface area (TPSA) is 68.8 Å². The molecule has 0 radical (unpaired) electrons. The third-order valence-corrected chi connectivity index (χ3v) is 5.51. The van der Waals surface area contributed by atoms with Gasteiger partial charge in [0.1, 0.15) is 0 Å². The number of guanidine groups is 1. The Morgan fingerprint density at radius 3 is 2.68 bits per heavy atom. The second-order valence-electron chi connectivity index (χ2n) is 7.49. The molecule has 1 fully saturated rings. The van der Waals surface area contributed by atoms with Crippen molar-refractivity contribution in [2.45, 2.75) is 46.2 Å². The highest BCUT2D eigenvalue weighted by Crippen LogP contribution is 2.23. The quantitative estimate of drug-likeness (QED) is 0.305. The van der Waals surface area contributed by atoms with Crippen LogP contribution in [0.4, 0.5) is 5.69 Å². The molecule has 28 heavy (non-hydrogen) atoms. The largest absolute Gasteiger partial charge is 0.356 e. The van der Waals surface area contributed by atoms with Crippen LogP contribution in [-0.2, 0) is 4.79 Å². The van der Waals surface area contributed by atoms with Gasteiger partial charge >= 0.3 is 0 Å². The SMILES string of the molecule is CN=C(NCCC(=O)Nc1cccc(Cl)c1C)NC1CN(C(C)C)CC1C.I.